The monoisotopic (exact) mass is 349 g/mol. The van der Waals surface area contributed by atoms with Gasteiger partial charge in [0, 0.05) is 6.42 Å². The van der Waals surface area contributed by atoms with E-state index in [-0.39, 0.29) is 35.8 Å². The van der Waals surface area contributed by atoms with Crippen molar-refractivity contribution in [2.24, 2.45) is 5.92 Å². The molecule has 0 bridgehead atoms. The molecule has 0 spiro atoms. The van der Waals surface area contributed by atoms with Crippen molar-refractivity contribution in [3.05, 3.63) is 33.8 Å². The summed E-state index contributed by atoms with van der Waals surface area (Å²) in [5.74, 6) is 0.0844. The Bertz CT molecular complexity index is 646. The maximum absolute atomic E-state index is 12.0. The highest BCUT2D eigenvalue weighted by Crippen LogP contribution is 2.26. The largest absolute Gasteiger partial charge is 0.350 e. The first-order chi connectivity index (χ1) is 9.77. The van der Waals surface area contributed by atoms with Crippen molar-refractivity contribution in [3.63, 3.8) is 0 Å². The molecule has 21 heavy (non-hydrogen) atoms. The van der Waals surface area contributed by atoms with Gasteiger partial charge < -0.3 is 5.32 Å². The van der Waals surface area contributed by atoms with Crippen molar-refractivity contribution in [2.45, 2.75) is 25.8 Å². The molecular formula is C14H17Cl2NO3S. The van der Waals surface area contributed by atoms with E-state index in [9.17, 15) is 13.2 Å². The quantitative estimate of drug-likeness (QED) is 0.908. The minimum Gasteiger partial charge on any atom is -0.350 e. The number of amides is 1. The number of benzene rings is 1. The first-order valence-corrected chi connectivity index (χ1v) is 9.29. The van der Waals surface area contributed by atoms with E-state index in [1.807, 2.05) is 6.92 Å². The van der Waals surface area contributed by atoms with E-state index in [0.29, 0.717) is 16.5 Å². The van der Waals surface area contributed by atoms with E-state index in [1.54, 1.807) is 18.2 Å². The molecule has 2 rings (SSSR count). The molecule has 1 N–H and O–H groups in total. The molecule has 0 saturated carbocycles. The smallest absolute Gasteiger partial charge is 0.220 e. The molecule has 1 fully saturated rings. The van der Waals surface area contributed by atoms with Gasteiger partial charge in [-0.3, -0.25) is 4.79 Å². The van der Waals surface area contributed by atoms with E-state index in [0.717, 1.165) is 5.56 Å². The van der Waals surface area contributed by atoms with Gasteiger partial charge in [-0.25, -0.2) is 8.42 Å². The van der Waals surface area contributed by atoms with Crippen molar-refractivity contribution in [1.29, 1.82) is 0 Å². The van der Waals surface area contributed by atoms with Gasteiger partial charge in [0.1, 0.15) is 0 Å². The fourth-order valence-electron chi connectivity index (χ4n) is 2.46. The predicted octanol–water partition coefficient (Wildman–Crippen LogP) is 3.00. The summed E-state index contributed by atoms with van der Waals surface area (Å²) in [7, 11) is -2.94. The van der Waals surface area contributed by atoms with Gasteiger partial charge in [0.2, 0.25) is 5.91 Å². The Kier molecular flexibility index (Phi) is 5.17. The van der Waals surface area contributed by atoms with Crippen molar-refractivity contribution < 1.29 is 13.2 Å². The highest BCUT2D eigenvalue weighted by molar-refractivity contribution is 7.91. The fourth-order valence-corrected chi connectivity index (χ4v) is 4.63. The summed E-state index contributed by atoms with van der Waals surface area (Å²) < 4.78 is 22.8. The topological polar surface area (TPSA) is 63.2 Å². The lowest BCUT2D eigenvalue weighted by molar-refractivity contribution is -0.122. The lowest BCUT2D eigenvalue weighted by atomic mass is 10.0. The summed E-state index contributed by atoms with van der Waals surface area (Å²) in [6.45, 7) is 1.85. The first kappa shape index (κ1) is 16.6. The van der Waals surface area contributed by atoms with E-state index < -0.39 is 9.84 Å². The molecule has 1 saturated heterocycles. The van der Waals surface area contributed by atoms with Crippen molar-refractivity contribution in [1.82, 2.24) is 5.32 Å². The van der Waals surface area contributed by atoms with Gasteiger partial charge in [-0.1, -0.05) is 29.3 Å². The van der Waals surface area contributed by atoms with Gasteiger partial charge >= 0.3 is 0 Å². The molecular weight excluding hydrogens is 333 g/mol. The highest BCUT2D eigenvalue weighted by atomic mass is 35.5. The fraction of sp³-hybridized carbons (Fsp3) is 0.500. The van der Waals surface area contributed by atoms with Gasteiger partial charge in [-0.15, -0.1) is 0 Å². The molecule has 1 aromatic carbocycles. The van der Waals surface area contributed by atoms with Crippen LogP contribution in [0.1, 0.15) is 31.4 Å². The molecule has 1 aromatic rings. The second-order valence-corrected chi connectivity index (χ2v) is 8.48. The zero-order chi connectivity index (χ0) is 15.6. The summed E-state index contributed by atoms with van der Waals surface area (Å²) in [5, 5.41) is 3.77. The number of rotatable bonds is 4. The zero-order valence-electron chi connectivity index (χ0n) is 11.6. The van der Waals surface area contributed by atoms with Crippen molar-refractivity contribution >= 4 is 38.9 Å². The van der Waals surface area contributed by atoms with Gasteiger partial charge in [0.05, 0.1) is 27.6 Å². The number of nitrogens with one attached hydrogen (secondary N) is 1. The average Bonchev–Trinajstić information content (AvgIpc) is 2.71. The van der Waals surface area contributed by atoms with Crippen LogP contribution in [0.15, 0.2) is 18.2 Å². The van der Waals surface area contributed by atoms with E-state index in [1.165, 1.54) is 0 Å². The Labute approximate surface area is 134 Å². The van der Waals surface area contributed by atoms with E-state index >= 15 is 0 Å². The van der Waals surface area contributed by atoms with Gasteiger partial charge in [-0.05, 0) is 37.0 Å². The molecule has 1 heterocycles. The van der Waals surface area contributed by atoms with Crippen molar-refractivity contribution in [2.75, 3.05) is 11.5 Å². The van der Waals surface area contributed by atoms with Crippen LogP contribution in [0.4, 0.5) is 0 Å². The average molecular weight is 350 g/mol. The van der Waals surface area contributed by atoms with E-state index in [2.05, 4.69) is 5.32 Å². The minimum atomic E-state index is -2.94. The molecule has 1 aliphatic heterocycles. The van der Waals surface area contributed by atoms with Crippen molar-refractivity contribution in [3.8, 4) is 0 Å². The Morgan fingerprint density at radius 2 is 2.10 bits per heavy atom. The second-order valence-electron chi connectivity index (χ2n) is 5.44. The molecule has 4 nitrogen and oxygen atoms in total. The van der Waals surface area contributed by atoms with Crippen LogP contribution < -0.4 is 5.32 Å². The maximum atomic E-state index is 12.0. The third kappa shape index (κ3) is 4.59. The first-order valence-electron chi connectivity index (χ1n) is 6.71. The molecule has 0 aliphatic carbocycles. The number of hydrogen-bond acceptors (Lipinski definition) is 3. The van der Waals surface area contributed by atoms with Gasteiger partial charge in [-0.2, -0.15) is 0 Å². The summed E-state index contributed by atoms with van der Waals surface area (Å²) in [6, 6.07) is 5.00. The van der Waals surface area contributed by atoms with Crippen LogP contribution in [0.5, 0.6) is 0 Å². The van der Waals surface area contributed by atoms with E-state index in [4.69, 9.17) is 23.2 Å². The SMILES string of the molecule is CC(NC(=O)CC1CCS(=O)(=O)C1)c1ccc(Cl)c(Cl)c1. The van der Waals surface area contributed by atoms with Crippen LogP contribution in [0.25, 0.3) is 0 Å². The number of carbonyl (C=O) groups is 1. The highest BCUT2D eigenvalue weighted by Gasteiger charge is 2.29. The third-order valence-electron chi connectivity index (χ3n) is 3.62. The predicted molar refractivity (Wildman–Crippen MR) is 84.4 cm³/mol. The van der Waals surface area contributed by atoms with Gasteiger partial charge in [0.25, 0.3) is 0 Å². The molecule has 7 heteroatoms. The molecule has 1 amide bonds. The molecule has 2 unspecified atom stereocenters. The van der Waals surface area contributed by atoms with Crippen LogP contribution in [0, 0.1) is 5.92 Å². The standard InChI is InChI=1S/C14H17Cl2NO3S/c1-9(11-2-3-12(15)13(16)7-11)17-14(18)6-10-4-5-21(19,20)8-10/h2-3,7,9-10H,4-6,8H2,1H3,(H,17,18). The molecule has 2 atom stereocenters. The van der Waals surface area contributed by atoms with Crippen LogP contribution in [-0.4, -0.2) is 25.8 Å². The lowest BCUT2D eigenvalue weighted by Crippen LogP contribution is -2.28. The summed E-state index contributed by atoms with van der Waals surface area (Å²) in [6.07, 6.45) is 0.807. The maximum Gasteiger partial charge on any atom is 0.220 e. The summed E-state index contributed by atoms with van der Waals surface area (Å²) in [4.78, 5) is 12.0. The summed E-state index contributed by atoms with van der Waals surface area (Å²) in [5.41, 5.74) is 0.858. The summed E-state index contributed by atoms with van der Waals surface area (Å²) >= 11 is 11.8. The lowest BCUT2D eigenvalue weighted by Gasteiger charge is -2.16. The Balaban J connectivity index is 1.91. The number of hydrogen-bond donors (Lipinski definition) is 1. The third-order valence-corrected chi connectivity index (χ3v) is 6.20. The molecule has 1 aliphatic rings. The second kappa shape index (κ2) is 6.55. The molecule has 0 radical (unpaired) electrons. The number of sulfone groups is 1. The van der Waals surface area contributed by atoms with Crippen LogP contribution in [0.3, 0.4) is 0 Å². The van der Waals surface area contributed by atoms with Crippen LogP contribution in [-0.2, 0) is 14.6 Å². The number of halogens is 2. The Morgan fingerprint density at radius 1 is 1.38 bits per heavy atom. The zero-order valence-corrected chi connectivity index (χ0v) is 13.9. The molecule has 0 aromatic heterocycles. The molecule has 116 valence electrons. The Hall–Kier alpha value is -0.780. The van der Waals surface area contributed by atoms with Crippen LogP contribution >= 0.6 is 23.2 Å². The Morgan fingerprint density at radius 3 is 2.67 bits per heavy atom. The number of carbonyl (C=O) groups excluding carboxylic acids is 1. The van der Waals surface area contributed by atoms with Gasteiger partial charge in [0.15, 0.2) is 9.84 Å². The minimum absolute atomic E-state index is 0.0731. The van der Waals surface area contributed by atoms with Crippen LogP contribution in [0.2, 0.25) is 10.0 Å². The normalized spacial score (nSPS) is 22.0.